The van der Waals surface area contributed by atoms with E-state index in [0.29, 0.717) is 34.8 Å². The van der Waals surface area contributed by atoms with E-state index < -0.39 is 11.9 Å². The number of halogens is 1. The van der Waals surface area contributed by atoms with Gasteiger partial charge in [-0.05, 0) is 55.0 Å². The fourth-order valence-corrected chi connectivity index (χ4v) is 3.76. The number of nitrogens with one attached hydrogen (secondary N) is 1. The number of hydrogen-bond donors (Lipinski definition) is 1. The maximum Gasteiger partial charge on any atom is 0.343 e. The number of amides is 1. The van der Waals surface area contributed by atoms with Gasteiger partial charge in [-0.25, -0.2) is 10.2 Å². The summed E-state index contributed by atoms with van der Waals surface area (Å²) in [5.74, 6) is -0.147. The van der Waals surface area contributed by atoms with Gasteiger partial charge in [0.15, 0.2) is 0 Å². The number of aryl methyl sites for hydroxylation is 1. The van der Waals surface area contributed by atoms with Crippen molar-refractivity contribution in [2.24, 2.45) is 5.10 Å². The van der Waals surface area contributed by atoms with E-state index in [1.165, 1.54) is 6.21 Å². The van der Waals surface area contributed by atoms with Crippen molar-refractivity contribution < 1.29 is 19.1 Å². The van der Waals surface area contributed by atoms with E-state index >= 15 is 0 Å². The standard InChI is InChI=1S/C29H23BrN2O4/c1-20-8-7-11-22(16-20)29(34)36-26-15-14-24(30)17-23(26)18-31-32-28(33)25-12-5-6-13-27(25)35-19-21-9-3-2-4-10-21/h2-18H,19H2,1H3,(H,32,33)/b31-18+. The minimum atomic E-state index is -0.482. The van der Waals surface area contributed by atoms with E-state index in [1.54, 1.807) is 60.7 Å². The summed E-state index contributed by atoms with van der Waals surface area (Å²) in [7, 11) is 0. The Bertz CT molecular complexity index is 1400. The zero-order valence-corrected chi connectivity index (χ0v) is 21.1. The van der Waals surface area contributed by atoms with Gasteiger partial charge in [-0.15, -0.1) is 0 Å². The molecule has 6 nitrogen and oxygen atoms in total. The largest absolute Gasteiger partial charge is 0.488 e. The van der Waals surface area contributed by atoms with Crippen LogP contribution >= 0.6 is 15.9 Å². The topological polar surface area (TPSA) is 77.0 Å². The van der Waals surface area contributed by atoms with Gasteiger partial charge in [0.1, 0.15) is 18.1 Å². The van der Waals surface area contributed by atoms with Gasteiger partial charge in [0, 0.05) is 10.0 Å². The predicted octanol–water partition coefficient (Wildman–Crippen LogP) is 6.32. The number of carbonyl (C=O) groups excluding carboxylic acids is 2. The van der Waals surface area contributed by atoms with Crippen molar-refractivity contribution in [3.63, 3.8) is 0 Å². The van der Waals surface area contributed by atoms with Crippen LogP contribution in [0.5, 0.6) is 11.5 Å². The second-order valence-electron chi connectivity index (χ2n) is 7.91. The Morgan fingerprint density at radius 1 is 0.889 bits per heavy atom. The number of benzene rings is 4. The summed E-state index contributed by atoms with van der Waals surface area (Å²) in [6.07, 6.45) is 1.43. The van der Waals surface area contributed by atoms with Crippen molar-refractivity contribution in [1.29, 1.82) is 0 Å². The number of hydrazone groups is 1. The van der Waals surface area contributed by atoms with E-state index in [0.717, 1.165) is 15.6 Å². The molecule has 4 aromatic rings. The lowest BCUT2D eigenvalue weighted by atomic mass is 10.1. The molecule has 0 aliphatic carbocycles. The Kier molecular flexibility index (Phi) is 8.26. The lowest BCUT2D eigenvalue weighted by molar-refractivity contribution is 0.0734. The lowest BCUT2D eigenvalue weighted by Crippen LogP contribution is -2.19. The molecule has 0 heterocycles. The number of para-hydroxylation sites is 1. The first kappa shape index (κ1) is 24.9. The Morgan fingerprint density at radius 2 is 1.67 bits per heavy atom. The Morgan fingerprint density at radius 3 is 2.47 bits per heavy atom. The van der Waals surface area contributed by atoms with Crippen LogP contribution in [0.25, 0.3) is 0 Å². The molecule has 0 fully saturated rings. The van der Waals surface area contributed by atoms with Crippen LogP contribution in [-0.2, 0) is 6.61 Å². The summed E-state index contributed by atoms with van der Waals surface area (Å²) in [6, 6.07) is 29.0. The zero-order valence-electron chi connectivity index (χ0n) is 19.5. The van der Waals surface area contributed by atoms with Gasteiger partial charge in [-0.2, -0.15) is 5.10 Å². The molecule has 0 aromatic heterocycles. The molecule has 0 saturated heterocycles. The van der Waals surface area contributed by atoms with Gasteiger partial charge in [-0.3, -0.25) is 4.79 Å². The van der Waals surface area contributed by atoms with Gasteiger partial charge in [0.05, 0.1) is 17.3 Å². The summed E-state index contributed by atoms with van der Waals surface area (Å²) in [6.45, 7) is 2.24. The number of ether oxygens (including phenoxy) is 2. The van der Waals surface area contributed by atoms with Gasteiger partial charge in [0.2, 0.25) is 0 Å². The second kappa shape index (κ2) is 12.0. The third kappa shape index (κ3) is 6.67. The van der Waals surface area contributed by atoms with Crippen LogP contribution in [0, 0.1) is 6.92 Å². The van der Waals surface area contributed by atoms with Gasteiger partial charge < -0.3 is 9.47 Å². The molecule has 7 heteroatoms. The van der Waals surface area contributed by atoms with Crippen molar-refractivity contribution >= 4 is 34.0 Å². The Balaban J connectivity index is 1.45. The summed E-state index contributed by atoms with van der Waals surface area (Å²) < 4.78 is 12.2. The van der Waals surface area contributed by atoms with Crippen LogP contribution in [0.1, 0.15) is 37.4 Å². The summed E-state index contributed by atoms with van der Waals surface area (Å²) in [5, 5.41) is 4.08. The molecule has 1 N–H and O–H groups in total. The predicted molar refractivity (Wildman–Crippen MR) is 143 cm³/mol. The number of hydrogen-bond acceptors (Lipinski definition) is 5. The lowest BCUT2D eigenvalue weighted by Gasteiger charge is -2.11. The van der Waals surface area contributed by atoms with E-state index in [1.807, 2.05) is 43.3 Å². The fourth-order valence-electron chi connectivity index (χ4n) is 3.38. The first-order chi connectivity index (χ1) is 17.5. The molecule has 0 spiro atoms. The molecule has 0 unspecified atom stereocenters. The second-order valence-corrected chi connectivity index (χ2v) is 8.83. The highest BCUT2D eigenvalue weighted by atomic mass is 79.9. The number of rotatable bonds is 8. The SMILES string of the molecule is Cc1cccc(C(=O)Oc2ccc(Br)cc2/C=N/NC(=O)c2ccccc2OCc2ccccc2)c1. The molecule has 0 saturated carbocycles. The molecule has 4 aromatic carbocycles. The van der Waals surface area contributed by atoms with Gasteiger partial charge >= 0.3 is 5.97 Å². The van der Waals surface area contributed by atoms with Crippen molar-refractivity contribution in [1.82, 2.24) is 5.43 Å². The summed E-state index contributed by atoms with van der Waals surface area (Å²) in [4.78, 5) is 25.4. The number of carbonyl (C=O) groups is 2. The third-order valence-corrected chi connectivity index (χ3v) is 5.66. The maximum atomic E-state index is 12.8. The molecular formula is C29H23BrN2O4. The molecule has 0 bridgehead atoms. The minimum Gasteiger partial charge on any atom is -0.488 e. The average Bonchev–Trinajstić information content (AvgIpc) is 2.89. The molecule has 36 heavy (non-hydrogen) atoms. The molecule has 0 radical (unpaired) electrons. The van der Waals surface area contributed by atoms with E-state index in [-0.39, 0.29) is 0 Å². The highest BCUT2D eigenvalue weighted by molar-refractivity contribution is 9.10. The molecule has 0 aliphatic rings. The fraction of sp³-hybridized carbons (Fsp3) is 0.0690. The van der Waals surface area contributed by atoms with Crippen molar-refractivity contribution in [2.45, 2.75) is 13.5 Å². The maximum absolute atomic E-state index is 12.8. The van der Waals surface area contributed by atoms with Crippen molar-refractivity contribution in [2.75, 3.05) is 0 Å². The van der Waals surface area contributed by atoms with Crippen LogP contribution in [0.2, 0.25) is 0 Å². The first-order valence-corrected chi connectivity index (χ1v) is 12.0. The van der Waals surface area contributed by atoms with Crippen LogP contribution in [-0.4, -0.2) is 18.1 Å². The molecular weight excluding hydrogens is 520 g/mol. The summed E-state index contributed by atoms with van der Waals surface area (Å²) >= 11 is 3.41. The molecule has 0 aliphatic heterocycles. The van der Waals surface area contributed by atoms with Gasteiger partial charge in [-0.1, -0.05) is 76.1 Å². The minimum absolute atomic E-state index is 0.314. The highest BCUT2D eigenvalue weighted by Crippen LogP contribution is 2.23. The van der Waals surface area contributed by atoms with Crippen molar-refractivity contribution in [3.8, 4) is 11.5 Å². The highest BCUT2D eigenvalue weighted by Gasteiger charge is 2.13. The Hall–Kier alpha value is -4.23. The van der Waals surface area contributed by atoms with Crippen LogP contribution in [0.15, 0.2) is 107 Å². The zero-order chi connectivity index (χ0) is 25.3. The van der Waals surface area contributed by atoms with Gasteiger partial charge in [0.25, 0.3) is 5.91 Å². The molecule has 0 atom stereocenters. The van der Waals surface area contributed by atoms with Crippen molar-refractivity contribution in [3.05, 3.63) is 129 Å². The van der Waals surface area contributed by atoms with E-state index in [9.17, 15) is 9.59 Å². The number of esters is 1. The third-order valence-electron chi connectivity index (χ3n) is 5.17. The Labute approximate surface area is 217 Å². The van der Waals surface area contributed by atoms with Crippen LogP contribution < -0.4 is 14.9 Å². The molecule has 1 amide bonds. The summed E-state index contributed by atoms with van der Waals surface area (Å²) in [5.41, 5.74) is 5.78. The van der Waals surface area contributed by atoms with Crippen LogP contribution in [0.4, 0.5) is 0 Å². The smallest absolute Gasteiger partial charge is 0.343 e. The first-order valence-electron chi connectivity index (χ1n) is 11.2. The van der Waals surface area contributed by atoms with Crippen LogP contribution in [0.3, 0.4) is 0 Å². The van der Waals surface area contributed by atoms with E-state index in [2.05, 4.69) is 26.5 Å². The average molecular weight is 543 g/mol. The normalized spacial score (nSPS) is 10.7. The quantitative estimate of drug-likeness (QED) is 0.122. The monoisotopic (exact) mass is 542 g/mol. The molecule has 180 valence electrons. The van der Waals surface area contributed by atoms with E-state index in [4.69, 9.17) is 9.47 Å². The molecule has 4 rings (SSSR count). The number of nitrogens with zero attached hydrogens (tertiary/aromatic N) is 1.